The van der Waals surface area contributed by atoms with E-state index in [1.54, 1.807) is 6.07 Å². The summed E-state index contributed by atoms with van der Waals surface area (Å²) in [5, 5.41) is 3.83. The maximum absolute atomic E-state index is 12.9. The normalized spacial score (nSPS) is 15.8. The Bertz CT molecular complexity index is 1160. The first-order valence-electron chi connectivity index (χ1n) is 10.4. The second kappa shape index (κ2) is 8.72. The minimum absolute atomic E-state index is 0.0362. The average Bonchev–Trinajstić information content (AvgIpc) is 3.42. The van der Waals surface area contributed by atoms with Gasteiger partial charge in [0.1, 0.15) is 22.0 Å². The van der Waals surface area contributed by atoms with E-state index < -0.39 is 22.0 Å². The van der Waals surface area contributed by atoms with Crippen molar-refractivity contribution in [3.8, 4) is 5.75 Å². The Hall–Kier alpha value is -2.84. The molecule has 7 nitrogen and oxygen atoms in total. The number of furan rings is 1. The van der Waals surface area contributed by atoms with E-state index in [1.165, 1.54) is 19.2 Å². The summed E-state index contributed by atoms with van der Waals surface area (Å²) in [6, 6.07) is 13.4. The number of nitrogens with one attached hydrogen (secondary N) is 2. The topological polar surface area (TPSA) is 97.6 Å². The Morgan fingerprint density at radius 2 is 1.87 bits per heavy atom. The molecule has 1 unspecified atom stereocenters. The SMILES string of the molecule is COc1ccc(C(=O)NC(C)c2cc3ccccc3o2)cc1S(=O)(=O)NC1CCCC1. The van der Waals surface area contributed by atoms with Crippen LogP contribution in [0.25, 0.3) is 11.0 Å². The molecule has 0 saturated heterocycles. The lowest BCUT2D eigenvalue weighted by Crippen LogP contribution is -2.33. The Kier molecular flexibility index (Phi) is 6.02. The molecule has 0 bridgehead atoms. The van der Waals surface area contributed by atoms with Crippen LogP contribution in [0.2, 0.25) is 0 Å². The second-order valence-corrected chi connectivity index (χ2v) is 9.53. The minimum Gasteiger partial charge on any atom is -0.495 e. The van der Waals surface area contributed by atoms with Gasteiger partial charge in [0.05, 0.1) is 13.2 Å². The molecule has 1 aliphatic carbocycles. The van der Waals surface area contributed by atoms with Gasteiger partial charge in [-0.05, 0) is 50.1 Å². The molecule has 3 aromatic rings. The van der Waals surface area contributed by atoms with Gasteiger partial charge in [-0.3, -0.25) is 4.79 Å². The average molecular weight is 443 g/mol. The number of sulfonamides is 1. The van der Waals surface area contributed by atoms with Crippen LogP contribution in [0, 0.1) is 0 Å². The lowest BCUT2D eigenvalue weighted by atomic mass is 10.1. The van der Waals surface area contributed by atoms with Crippen LogP contribution in [-0.4, -0.2) is 27.5 Å². The fourth-order valence-corrected chi connectivity index (χ4v) is 5.42. The standard InChI is InChI=1S/C23H26N2O5S/c1-15(21-13-16-7-3-6-10-19(16)30-21)24-23(26)17-11-12-20(29-2)22(14-17)31(27,28)25-18-8-4-5-9-18/h3,6-7,10-15,18,25H,4-5,8-9H2,1-2H3,(H,24,26). The molecule has 1 saturated carbocycles. The van der Waals surface area contributed by atoms with E-state index in [0.717, 1.165) is 36.7 Å². The molecule has 1 fully saturated rings. The van der Waals surface area contributed by atoms with Crippen molar-refractivity contribution in [2.75, 3.05) is 7.11 Å². The minimum atomic E-state index is -3.81. The number of fused-ring (bicyclic) bond motifs is 1. The van der Waals surface area contributed by atoms with E-state index in [4.69, 9.17) is 9.15 Å². The van der Waals surface area contributed by atoms with Gasteiger partial charge in [0, 0.05) is 17.0 Å². The van der Waals surface area contributed by atoms with E-state index in [0.29, 0.717) is 5.76 Å². The van der Waals surface area contributed by atoms with E-state index in [-0.39, 0.29) is 22.3 Å². The van der Waals surface area contributed by atoms with Gasteiger partial charge in [0.2, 0.25) is 10.0 Å². The van der Waals surface area contributed by atoms with Gasteiger partial charge in [0.25, 0.3) is 5.91 Å². The lowest BCUT2D eigenvalue weighted by molar-refractivity contribution is 0.0935. The predicted octanol–water partition coefficient (Wildman–Crippen LogP) is 4.15. The third-order valence-electron chi connectivity index (χ3n) is 5.61. The van der Waals surface area contributed by atoms with Crippen LogP contribution < -0.4 is 14.8 Å². The van der Waals surface area contributed by atoms with Gasteiger partial charge < -0.3 is 14.5 Å². The van der Waals surface area contributed by atoms with Crippen LogP contribution in [0.4, 0.5) is 0 Å². The number of rotatable bonds is 7. The Balaban J connectivity index is 1.55. The molecule has 8 heteroatoms. The van der Waals surface area contributed by atoms with Crippen molar-refractivity contribution < 1.29 is 22.4 Å². The highest BCUT2D eigenvalue weighted by atomic mass is 32.2. The summed E-state index contributed by atoms with van der Waals surface area (Å²) in [5.41, 5.74) is 0.977. The Morgan fingerprint density at radius 1 is 1.13 bits per heavy atom. The fraction of sp³-hybridized carbons (Fsp3) is 0.348. The smallest absolute Gasteiger partial charge is 0.251 e. The van der Waals surface area contributed by atoms with E-state index in [2.05, 4.69) is 10.0 Å². The molecule has 0 aliphatic heterocycles. The zero-order valence-corrected chi connectivity index (χ0v) is 18.4. The molecule has 2 N–H and O–H groups in total. The molecule has 0 spiro atoms. The van der Waals surface area contributed by atoms with Crippen LogP contribution in [0.1, 0.15) is 54.8 Å². The van der Waals surface area contributed by atoms with Gasteiger partial charge in [0.15, 0.2) is 0 Å². The third-order valence-corrected chi connectivity index (χ3v) is 7.15. The van der Waals surface area contributed by atoms with Gasteiger partial charge in [-0.25, -0.2) is 13.1 Å². The van der Waals surface area contributed by atoms with Gasteiger partial charge >= 0.3 is 0 Å². The molecule has 1 atom stereocenters. The van der Waals surface area contributed by atoms with Crippen molar-refractivity contribution in [3.05, 3.63) is 59.9 Å². The zero-order chi connectivity index (χ0) is 22.0. The van der Waals surface area contributed by atoms with E-state index >= 15 is 0 Å². The number of carbonyl (C=O) groups excluding carboxylic acids is 1. The largest absolute Gasteiger partial charge is 0.495 e. The van der Waals surface area contributed by atoms with Crippen molar-refractivity contribution >= 4 is 26.9 Å². The molecular formula is C23H26N2O5S. The molecule has 2 aromatic carbocycles. The molecule has 1 amide bonds. The summed E-state index contributed by atoms with van der Waals surface area (Å²) in [6.07, 6.45) is 3.65. The highest BCUT2D eigenvalue weighted by Crippen LogP contribution is 2.28. The summed E-state index contributed by atoms with van der Waals surface area (Å²) < 4.78 is 39.7. The number of amides is 1. The number of hydrogen-bond donors (Lipinski definition) is 2. The summed E-state index contributed by atoms with van der Waals surface area (Å²) in [7, 11) is -2.40. The molecule has 31 heavy (non-hydrogen) atoms. The third kappa shape index (κ3) is 4.60. The molecule has 164 valence electrons. The molecule has 1 aliphatic rings. The fourth-order valence-electron chi connectivity index (χ4n) is 3.92. The van der Waals surface area contributed by atoms with Crippen molar-refractivity contribution in [3.63, 3.8) is 0 Å². The second-order valence-electron chi connectivity index (χ2n) is 7.85. The number of para-hydroxylation sites is 1. The van der Waals surface area contributed by atoms with Crippen molar-refractivity contribution in [1.29, 1.82) is 0 Å². The van der Waals surface area contributed by atoms with Crippen molar-refractivity contribution in [2.24, 2.45) is 0 Å². The molecular weight excluding hydrogens is 416 g/mol. The lowest BCUT2D eigenvalue weighted by Gasteiger charge is -2.16. The van der Waals surface area contributed by atoms with E-state index in [9.17, 15) is 13.2 Å². The van der Waals surface area contributed by atoms with Gasteiger partial charge in [-0.1, -0.05) is 31.0 Å². The van der Waals surface area contributed by atoms with Gasteiger partial charge in [-0.2, -0.15) is 0 Å². The monoisotopic (exact) mass is 442 g/mol. The highest BCUT2D eigenvalue weighted by molar-refractivity contribution is 7.89. The number of ether oxygens (including phenoxy) is 1. The summed E-state index contributed by atoms with van der Waals surface area (Å²) in [6.45, 7) is 1.82. The quantitative estimate of drug-likeness (QED) is 0.573. The number of methoxy groups -OCH3 is 1. The first kappa shape index (κ1) is 21.4. The summed E-state index contributed by atoms with van der Waals surface area (Å²) >= 11 is 0. The van der Waals surface area contributed by atoms with Crippen LogP contribution >= 0.6 is 0 Å². The number of hydrogen-bond acceptors (Lipinski definition) is 5. The maximum atomic E-state index is 12.9. The maximum Gasteiger partial charge on any atom is 0.251 e. The summed E-state index contributed by atoms with van der Waals surface area (Å²) in [5.74, 6) is 0.430. The van der Waals surface area contributed by atoms with Crippen LogP contribution in [0.15, 0.2) is 57.8 Å². The zero-order valence-electron chi connectivity index (χ0n) is 17.6. The first-order valence-corrected chi connectivity index (χ1v) is 11.9. The number of benzene rings is 2. The highest BCUT2D eigenvalue weighted by Gasteiger charge is 2.27. The Labute approximate surface area is 181 Å². The molecule has 4 rings (SSSR count). The van der Waals surface area contributed by atoms with Crippen molar-refractivity contribution in [2.45, 2.75) is 49.6 Å². The van der Waals surface area contributed by atoms with Gasteiger partial charge in [-0.15, -0.1) is 0 Å². The van der Waals surface area contributed by atoms with Crippen LogP contribution in [0.5, 0.6) is 5.75 Å². The van der Waals surface area contributed by atoms with Crippen molar-refractivity contribution in [1.82, 2.24) is 10.0 Å². The molecule has 1 aromatic heterocycles. The molecule has 1 heterocycles. The van der Waals surface area contributed by atoms with Crippen LogP contribution in [0.3, 0.4) is 0 Å². The first-order chi connectivity index (χ1) is 14.9. The number of carbonyl (C=O) groups is 1. The van der Waals surface area contributed by atoms with Crippen LogP contribution in [-0.2, 0) is 10.0 Å². The van der Waals surface area contributed by atoms with E-state index in [1.807, 2.05) is 37.3 Å². The summed E-state index contributed by atoms with van der Waals surface area (Å²) in [4.78, 5) is 12.8. The Morgan fingerprint density at radius 3 is 2.58 bits per heavy atom. The predicted molar refractivity (Wildman–Crippen MR) is 118 cm³/mol. The molecule has 0 radical (unpaired) electrons.